The molecular weight excluding hydrogens is 148 g/mol. The van der Waals surface area contributed by atoms with Crippen LogP contribution in [0.5, 0.6) is 0 Å². The molecule has 1 saturated heterocycles. The van der Waals surface area contributed by atoms with Crippen LogP contribution in [0.2, 0.25) is 0 Å². The summed E-state index contributed by atoms with van der Waals surface area (Å²) in [6.45, 7) is 11.3. The first-order valence-electron chi connectivity index (χ1n) is 5.52. The first kappa shape index (κ1) is 10.0. The number of hydrogen-bond acceptors (Lipinski definition) is 0. The Morgan fingerprint density at radius 1 is 1.33 bits per heavy atom. The lowest BCUT2D eigenvalue weighted by Crippen LogP contribution is -3.12. The van der Waals surface area contributed by atoms with E-state index in [0.717, 1.165) is 5.92 Å². The minimum absolute atomic E-state index is 0.994. The molecule has 2 nitrogen and oxygen atoms in total. The van der Waals surface area contributed by atoms with Crippen LogP contribution in [0.25, 0.3) is 0 Å². The van der Waals surface area contributed by atoms with Gasteiger partial charge in [0.1, 0.15) is 0 Å². The smallest absolute Gasteiger partial charge is 0.0853 e. The third-order valence-electron chi connectivity index (χ3n) is 3.10. The van der Waals surface area contributed by atoms with Crippen molar-refractivity contribution < 1.29 is 10.2 Å². The quantitative estimate of drug-likeness (QED) is 0.536. The Hall–Kier alpha value is -0.0800. The van der Waals surface area contributed by atoms with Gasteiger partial charge in [0.05, 0.1) is 38.6 Å². The molecule has 0 aliphatic carbocycles. The van der Waals surface area contributed by atoms with Crippen molar-refractivity contribution >= 4 is 0 Å². The lowest BCUT2D eigenvalue weighted by Gasteiger charge is -2.24. The lowest BCUT2D eigenvalue weighted by molar-refractivity contribution is -0.902. The van der Waals surface area contributed by atoms with Gasteiger partial charge in [0, 0.05) is 0 Å². The first-order valence-corrected chi connectivity index (χ1v) is 5.52. The van der Waals surface area contributed by atoms with Crippen LogP contribution in [0.3, 0.4) is 0 Å². The van der Waals surface area contributed by atoms with Crippen LogP contribution in [0.4, 0.5) is 0 Å². The molecule has 0 bridgehead atoms. The van der Waals surface area contributed by atoms with Crippen LogP contribution in [-0.2, 0) is 0 Å². The Labute approximate surface area is 76.3 Å². The van der Waals surface area contributed by atoms with E-state index < -0.39 is 0 Å². The summed E-state index contributed by atoms with van der Waals surface area (Å²) >= 11 is 0. The van der Waals surface area contributed by atoms with Gasteiger partial charge in [-0.25, -0.2) is 0 Å². The fourth-order valence-corrected chi connectivity index (χ4v) is 2.15. The van der Waals surface area contributed by atoms with Crippen molar-refractivity contribution in [1.82, 2.24) is 0 Å². The molecule has 0 spiro atoms. The monoisotopic (exact) mass is 172 g/mol. The van der Waals surface area contributed by atoms with Crippen LogP contribution in [0.1, 0.15) is 26.7 Å². The van der Waals surface area contributed by atoms with Crippen molar-refractivity contribution in [2.24, 2.45) is 5.92 Å². The van der Waals surface area contributed by atoms with E-state index in [4.69, 9.17) is 0 Å². The van der Waals surface area contributed by atoms with Gasteiger partial charge in [0.25, 0.3) is 0 Å². The summed E-state index contributed by atoms with van der Waals surface area (Å²) in [5.41, 5.74) is 0. The normalized spacial score (nSPS) is 24.8. The van der Waals surface area contributed by atoms with E-state index in [0.29, 0.717) is 0 Å². The van der Waals surface area contributed by atoms with Crippen LogP contribution in [0, 0.1) is 5.92 Å². The van der Waals surface area contributed by atoms with Gasteiger partial charge < -0.3 is 10.2 Å². The molecule has 12 heavy (non-hydrogen) atoms. The number of quaternary nitrogens is 2. The van der Waals surface area contributed by atoms with Crippen molar-refractivity contribution in [2.75, 3.05) is 32.7 Å². The second kappa shape index (κ2) is 5.55. The van der Waals surface area contributed by atoms with E-state index in [2.05, 4.69) is 19.2 Å². The van der Waals surface area contributed by atoms with Crippen molar-refractivity contribution in [3.05, 3.63) is 0 Å². The van der Waals surface area contributed by atoms with Gasteiger partial charge in [-0.05, 0) is 26.7 Å². The largest absolute Gasteiger partial charge is 0.346 e. The molecule has 72 valence electrons. The SMILES string of the molecule is CC[NH+](CC)C[C@@H]1CCC[NH2+]C1. The summed E-state index contributed by atoms with van der Waals surface area (Å²) in [6.07, 6.45) is 2.91. The predicted molar refractivity (Wildman–Crippen MR) is 51.3 cm³/mol. The van der Waals surface area contributed by atoms with E-state index in [9.17, 15) is 0 Å². The predicted octanol–water partition coefficient (Wildman–Crippen LogP) is -1.12. The second-order valence-corrected chi connectivity index (χ2v) is 3.98. The van der Waals surface area contributed by atoms with Gasteiger partial charge in [-0.15, -0.1) is 0 Å². The Balaban J connectivity index is 2.18. The van der Waals surface area contributed by atoms with Gasteiger partial charge >= 0.3 is 0 Å². The number of hydrogen-bond donors (Lipinski definition) is 2. The molecule has 1 rings (SSSR count). The third-order valence-corrected chi connectivity index (χ3v) is 3.10. The van der Waals surface area contributed by atoms with E-state index in [1.807, 2.05) is 0 Å². The molecule has 0 aromatic carbocycles. The fourth-order valence-electron chi connectivity index (χ4n) is 2.15. The average Bonchev–Trinajstić information content (AvgIpc) is 2.16. The second-order valence-electron chi connectivity index (χ2n) is 3.98. The lowest BCUT2D eigenvalue weighted by atomic mass is 9.99. The maximum Gasteiger partial charge on any atom is 0.0853 e. The zero-order valence-electron chi connectivity index (χ0n) is 8.60. The summed E-state index contributed by atoms with van der Waals surface area (Å²) < 4.78 is 0. The number of rotatable bonds is 4. The summed E-state index contributed by atoms with van der Waals surface area (Å²) in [7, 11) is 0. The summed E-state index contributed by atoms with van der Waals surface area (Å²) in [5, 5.41) is 2.48. The van der Waals surface area contributed by atoms with Crippen molar-refractivity contribution in [1.29, 1.82) is 0 Å². The number of piperidine rings is 1. The molecular formula is C10H24N2+2. The van der Waals surface area contributed by atoms with E-state index in [1.54, 1.807) is 4.90 Å². The van der Waals surface area contributed by atoms with Crippen molar-refractivity contribution in [3.8, 4) is 0 Å². The summed E-state index contributed by atoms with van der Waals surface area (Å²) in [4.78, 5) is 1.77. The van der Waals surface area contributed by atoms with Crippen LogP contribution in [0.15, 0.2) is 0 Å². The minimum Gasteiger partial charge on any atom is -0.346 e. The van der Waals surface area contributed by atoms with Crippen molar-refractivity contribution in [2.45, 2.75) is 26.7 Å². The molecule has 0 aromatic rings. The van der Waals surface area contributed by atoms with E-state index in [1.165, 1.54) is 45.6 Å². The maximum atomic E-state index is 2.48. The molecule has 0 aromatic heterocycles. The number of nitrogens with two attached hydrogens (primary N) is 1. The molecule has 3 N–H and O–H groups in total. The van der Waals surface area contributed by atoms with Crippen molar-refractivity contribution in [3.63, 3.8) is 0 Å². The van der Waals surface area contributed by atoms with Crippen LogP contribution in [-0.4, -0.2) is 32.7 Å². The fraction of sp³-hybridized carbons (Fsp3) is 1.00. The van der Waals surface area contributed by atoms with Gasteiger partial charge in [-0.3, -0.25) is 0 Å². The molecule has 0 radical (unpaired) electrons. The molecule has 1 heterocycles. The third kappa shape index (κ3) is 3.11. The molecule has 1 fully saturated rings. The van der Waals surface area contributed by atoms with Crippen LogP contribution >= 0.6 is 0 Å². The van der Waals surface area contributed by atoms with Gasteiger partial charge in [0.2, 0.25) is 0 Å². The van der Waals surface area contributed by atoms with Gasteiger partial charge in [0.15, 0.2) is 0 Å². The van der Waals surface area contributed by atoms with E-state index in [-0.39, 0.29) is 0 Å². The topological polar surface area (TPSA) is 21.1 Å². The first-order chi connectivity index (χ1) is 5.86. The molecule has 1 atom stereocenters. The van der Waals surface area contributed by atoms with E-state index >= 15 is 0 Å². The highest BCUT2D eigenvalue weighted by Crippen LogP contribution is 2.02. The number of nitrogens with one attached hydrogen (secondary N) is 1. The Bertz CT molecular complexity index is 104. The maximum absolute atomic E-state index is 2.48. The standard InChI is InChI=1S/C10H22N2/c1-3-12(4-2)9-10-6-5-7-11-8-10/h10-11H,3-9H2,1-2H3/p+2/t10-/m1/s1. The molecule has 2 heteroatoms. The Kier molecular flexibility index (Phi) is 4.62. The Morgan fingerprint density at radius 2 is 2.08 bits per heavy atom. The highest BCUT2D eigenvalue weighted by atomic mass is 15.1. The molecule has 0 saturated carbocycles. The molecule has 0 amide bonds. The average molecular weight is 172 g/mol. The van der Waals surface area contributed by atoms with Gasteiger partial charge in [-0.1, -0.05) is 0 Å². The summed E-state index contributed by atoms with van der Waals surface area (Å²) in [6, 6.07) is 0. The minimum atomic E-state index is 0.994. The molecule has 1 aliphatic heterocycles. The molecule has 0 unspecified atom stereocenters. The molecule has 1 aliphatic rings. The Morgan fingerprint density at radius 3 is 2.58 bits per heavy atom. The zero-order valence-corrected chi connectivity index (χ0v) is 8.60. The van der Waals surface area contributed by atoms with Crippen LogP contribution < -0.4 is 10.2 Å². The summed E-state index contributed by atoms with van der Waals surface area (Å²) in [5.74, 6) is 0.994. The highest BCUT2D eigenvalue weighted by Gasteiger charge is 2.19. The zero-order chi connectivity index (χ0) is 8.81. The highest BCUT2D eigenvalue weighted by molar-refractivity contribution is 4.58. The van der Waals surface area contributed by atoms with Gasteiger partial charge in [-0.2, -0.15) is 0 Å².